The summed E-state index contributed by atoms with van der Waals surface area (Å²) in [6, 6.07) is 7.81. The van der Waals surface area contributed by atoms with E-state index in [1.54, 1.807) is 6.07 Å². The molecule has 3 rings (SSSR count). The van der Waals surface area contributed by atoms with Crippen LogP contribution < -0.4 is 10.0 Å². The average Bonchev–Trinajstić information content (AvgIpc) is 2.82. The number of benzene rings is 1. The van der Waals surface area contributed by atoms with Crippen LogP contribution in [-0.4, -0.2) is 18.8 Å². The molecular formula is C14H15N3O. The van der Waals surface area contributed by atoms with Gasteiger partial charge in [0.2, 0.25) is 5.52 Å². The standard InChI is InChI=1S/C14H15N3O/c1-9(15-2)13-8-11-10-4-3-7-17(18)14(10)6-5-12(11)16-13/h3-7,9,15H,8H2,1-2H3/t9-/m1/s1. The van der Waals surface area contributed by atoms with E-state index in [2.05, 4.69) is 17.2 Å². The predicted octanol–water partition coefficient (Wildman–Crippen LogP) is 1.71. The maximum atomic E-state index is 11.7. The van der Waals surface area contributed by atoms with Crippen molar-refractivity contribution >= 4 is 22.3 Å². The Balaban J connectivity index is 2.14. The Labute approximate surface area is 106 Å². The number of rotatable bonds is 2. The van der Waals surface area contributed by atoms with Crippen LogP contribution in [0.25, 0.3) is 10.9 Å². The fourth-order valence-corrected chi connectivity index (χ4v) is 2.40. The van der Waals surface area contributed by atoms with Gasteiger partial charge in [0, 0.05) is 30.3 Å². The summed E-state index contributed by atoms with van der Waals surface area (Å²) in [5, 5.41) is 15.9. The van der Waals surface area contributed by atoms with Crippen LogP contribution >= 0.6 is 0 Å². The lowest BCUT2D eigenvalue weighted by molar-refractivity contribution is -0.577. The van der Waals surface area contributed by atoms with Crippen molar-refractivity contribution in [2.24, 2.45) is 4.99 Å². The van der Waals surface area contributed by atoms with Gasteiger partial charge in [-0.05, 0) is 31.7 Å². The van der Waals surface area contributed by atoms with Gasteiger partial charge in [0.05, 0.1) is 11.1 Å². The Kier molecular flexibility index (Phi) is 2.52. The third kappa shape index (κ3) is 1.57. The van der Waals surface area contributed by atoms with Gasteiger partial charge in [0.1, 0.15) is 0 Å². The van der Waals surface area contributed by atoms with Gasteiger partial charge >= 0.3 is 0 Å². The van der Waals surface area contributed by atoms with E-state index in [-0.39, 0.29) is 6.04 Å². The molecule has 2 heterocycles. The van der Waals surface area contributed by atoms with E-state index in [0.29, 0.717) is 5.52 Å². The molecular weight excluding hydrogens is 226 g/mol. The zero-order chi connectivity index (χ0) is 12.7. The maximum Gasteiger partial charge on any atom is 0.224 e. The molecule has 18 heavy (non-hydrogen) atoms. The number of hydrogen-bond acceptors (Lipinski definition) is 3. The lowest BCUT2D eigenvalue weighted by Gasteiger charge is -2.09. The number of pyridine rings is 1. The number of aliphatic imine (C=N–C) groups is 1. The molecule has 0 unspecified atom stereocenters. The average molecular weight is 241 g/mol. The molecule has 4 nitrogen and oxygen atoms in total. The van der Waals surface area contributed by atoms with E-state index in [0.717, 1.165) is 33.5 Å². The van der Waals surface area contributed by atoms with Gasteiger partial charge in [-0.2, -0.15) is 4.73 Å². The van der Waals surface area contributed by atoms with Crippen LogP contribution in [0.4, 0.5) is 5.69 Å². The highest BCUT2D eigenvalue weighted by molar-refractivity contribution is 6.02. The highest BCUT2D eigenvalue weighted by Crippen LogP contribution is 2.32. The molecule has 1 aromatic heterocycles. The van der Waals surface area contributed by atoms with Gasteiger partial charge in [-0.3, -0.25) is 4.99 Å². The van der Waals surface area contributed by atoms with Crippen molar-refractivity contribution in [1.82, 2.24) is 5.32 Å². The molecule has 1 aliphatic heterocycles. The Morgan fingerprint density at radius 1 is 1.39 bits per heavy atom. The van der Waals surface area contributed by atoms with Crippen LogP contribution in [0.1, 0.15) is 12.5 Å². The molecule has 0 radical (unpaired) electrons. The zero-order valence-corrected chi connectivity index (χ0v) is 10.5. The highest BCUT2D eigenvalue weighted by Gasteiger charge is 2.22. The molecule has 1 aromatic carbocycles. The second kappa shape index (κ2) is 4.07. The maximum absolute atomic E-state index is 11.7. The van der Waals surface area contributed by atoms with Crippen molar-refractivity contribution in [3.63, 3.8) is 0 Å². The van der Waals surface area contributed by atoms with Crippen molar-refractivity contribution < 1.29 is 4.73 Å². The van der Waals surface area contributed by atoms with Gasteiger partial charge in [-0.25, -0.2) is 0 Å². The highest BCUT2D eigenvalue weighted by atomic mass is 16.5. The van der Waals surface area contributed by atoms with Crippen molar-refractivity contribution in [2.45, 2.75) is 19.4 Å². The summed E-state index contributed by atoms with van der Waals surface area (Å²) in [4.78, 5) is 4.65. The van der Waals surface area contributed by atoms with Gasteiger partial charge in [-0.15, -0.1) is 0 Å². The Morgan fingerprint density at radius 3 is 3.00 bits per heavy atom. The van der Waals surface area contributed by atoms with Crippen LogP contribution in [0.5, 0.6) is 0 Å². The SMILES string of the molecule is CN[C@H](C)C1=Nc2ccc3c(ccc[n+]3[O-])c2C1. The fraction of sp³-hybridized carbons (Fsp3) is 0.286. The first-order valence-corrected chi connectivity index (χ1v) is 6.09. The topological polar surface area (TPSA) is 51.3 Å². The third-order valence-corrected chi connectivity index (χ3v) is 3.59. The first-order chi connectivity index (χ1) is 8.70. The van der Waals surface area contributed by atoms with E-state index in [1.807, 2.05) is 25.2 Å². The van der Waals surface area contributed by atoms with Gasteiger partial charge in [0.25, 0.3) is 0 Å². The summed E-state index contributed by atoms with van der Waals surface area (Å²) in [5.41, 5.74) is 3.99. The van der Waals surface area contributed by atoms with Crippen molar-refractivity contribution in [1.29, 1.82) is 0 Å². The van der Waals surface area contributed by atoms with Crippen LogP contribution in [0.2, 0.25) is 0 Å². The quantitative estimate of drug-likeness (QED) is 0.643. The predicted molar refractivity (Wildman–Crippen MR) is 72.2 cm³/mol. The third-order valence-electron chi connectivity index (χ3n) is 3.59. The van der Waals surface area contributed by atoms with E-state index in [4.69, 9.17) is 0 Å². The summed E-state index contributed by atoms with van der Waals surface area (Å²) >= 11 is 0. The monoisotopic (exact) mass is 241 g/mol. The van der Waals surface area contributed by atoms with Crippen LogP contribution in [0.15, 0.2) is 35.5 Å². The number of nitrogens with one attached hydrogen (secondary N) is 1. The lowest BCUT2D eigenvalue weighted by atomic mass is 10.0. The molecule has 1 N–H and O–H groups in total. The Hall–Kier alpha value is -1.94. The summed E-state index contributed by atoms with van der Waals surface area (Å²) in [6.07, 6.45) is 2.35. The minimum absolute atomic E-state index is 0.260. The van der Waals surface area contributed by atoms with E-state index in [9.17, 15) is 5.21 Å². The Morgan fingerprint density at radius 2 is 2.22 bits per heavy atom. The summed E-state index contributed by atoms with van der Waals surface area (Å²) in [5.74, 6) is 0. The summed E-state index contributed by atoms with van der Waals surface area (Å²) in [7, 11) is 1.93. The van der Waals surface area contributed by atoms with Crippen molar-refractivity contribution in [2.75, 3.05) is 7.05 Å². The fourth-order valence-electron chi connectivity index (χ4n) is 2.40. The van der Waals surface area contributed by atoms with Gasteiger partial charge in [0.15, 0.2) is 6.20 Å². The summed E-state index contributed by atoms with van der Waals surface area (Å²) in [6.45, 7) is 2.10. The number of fused-ring (bicyclic) bond motifs is 3. The second-order valence-corrected chi connectivity index (χ2v) is 4.62. The van der Waals surface area contributed by atoms with Crippen LogP contribution in [0, 0.1) is 5.21 Å². The van der Waals surface area contributed by atoms with E-state index >= 15 is 0 Å². The molecule has 0 fully saturated rings. The second-order valence-electron chi connectivity index (χ2n) is 4.62. The molecule has 2 aromatic rings. The number of hydrogen-bond donors (Lipinski definition) is 1. The van der Waals surface area contributed by atoms with Gasteiger partial charge < -0.3 is 10.5 Å². The number of aromatic nitrogens is 1. The molecule has 0 saturated carbocycles. The zero-order valence-electron chi connectivity index (χ0n) is 10.5. The summed E-state index contributed by atoms with van der Waals surface area (Å²) < 4.78 is 0.912. The van der Waals surface area contributed by atoms with Crippen LogP contribution in [-0.2, 0) is 6.42 Å². The molecule has 1 aliphatic rings. The van der Waals surface area contributed by atoms with Crippen molar-refractivity contribution in [3.8, 4) is 0 Å². The minimum atomic E-state index is 0.260. The molecule has 4 heteroatoms. The first kappa shape index (κ1) is 11.2. The van der Waals surface area contributed by atoms with Crippen molar-refractivity contribution in [3.05, 3.63) is 41.2 Å². The van der Waals surface area contributed by atoms with Crippen LogP contribution in [0.3, 0.4) is 0 Å². The minimum Gasteiger partial charge on any atom is -0.618 e. The first-order valence-electron chi connectivity index (χ1n) is 6.09. The molecule has 1 atom stereocenters. The molecule has 0 spiro atoms. The van der Waals surface area contributed by atoms with Gasteiger partial charge in [-0.1, -0.05) is 0 Å². The molecule has 0 amide bonds. The smallest absolute Gasteiger partial charge is 0.224 e. The molecule has 0 bridgehead atoms. The Bertz CT molecular complexity index is 649. The number of nitrogens with zero attached hydrogens (tertiary/aromatic N) is 2. The molecule has 92 valence electrons. The van der Waals surface area contributed by atoms with E-state index < -0.39 is 0 Å². The largest absolute Gasteiger partial charge is 0.618 e. The molecule has 0 aliphatic carbocycles. The normalized spacial score (nSPS) is 15.6. The van der Waals surface area contributed by atoms with E-state index in [1.165, 1.54) is 6.20 Å². The lowest BCUT2D eigenvalue weighted by Crippen LogP contribution is -2.30. The molecule has 0 saturated heterocycles.